The highest BCUT2D eigenvalue weighted by Crippen LogP contribution is 2.25. The van der Waals surface area contributed by atoms with Gasteiger partial charge in [-0.15, -0.1) is 0 Å². The fourth-order valence-electron chi connectivity index (χ4n) is 2.88. The summed E-state index contributed by atoms with van der Waals surface area (Å²) >= 11 is 5.93. The minimum absolute atomic E-state index is 0.175. The summed E-state index contributed by atoms with van der Waals surface area (Å²) in [6, 6.07) is 7.48. The van der Waals surface area contributed by atoms with E-state index in [2.05, 4.69) is 14.9 Å². The lowest BCUT2D eigenvalue weighted by Crippen LogP contribution is -2.15. The maximum Gasteiger partial charge on any atom is 0.265 e. The number of hydrogen-bond acceptors (Lipinski definition) is 4. The number of anilines is 1. The number of rotatable bonds is 6. The molecular formula is C18H22ClN5O2S. The Bertz CT molecular complexity index is 1070. The smallest absolute Gasteiger partial charge is 0.265 e. The summed E-state index contributed by atoms with van der Waals surface area (Å²) in [5.74, 6) is 0. The Morgan fingerprint density at radius 2 is 1.74 bits per heavy atom. The van der Waals surface area contributed by atoms with E-state index in [4.69, 9.17) is 11.6 Å². The predicted molar refractivity (Wildman–Crippen MR) is 106 cm³/mol. The zero-order valence-electron chi connectivity index (χ0n) is 15.7. The Labute approximate surface area is 164 Å². The van der Waals surface area contributed by atoms with E-state index in [0.717, 1.165) is 11.3 Å². The second kappa shape index (κ2) is 7.36. The monoisotopic (exact) mass is 407 g/mol. The molecule has 1 aromatic carbocycles. The molecule has 9 heteroatoms. The zero-order chi connectivity index (χ0) is 19.8. The molecule has 3 rings (SSSR count). The SMILES string of the molecule is CCn1cc(S(=O)(=O)Nc2c(C)nn(Cc3ccc(Cl)cc3)c2C)c(C)n1. The number of aryl methyl sites for hydroxylation is 3. The average molecular weight is 408 g/mol. The van der Waals surface area contributed by atoms with Crippen molar-refractivity contribution in [1.29, 1.82) is 0 Å². The van der Waals surface area contributed by atoms with E-state index in [0.29, 0.717) is 35.2 Å². The predicted octanol–water partition coefficient (Wildman–Crippen LogP) is 3.53. The molecule has 0 aliphatic carbocycles. The first-order valence-corrected chi connectivity index (χ1v) is 10.4. The minimum atomic E-state index is -3.75. The molecule has 1 N–H and O–H groups in total. The van der Waals surface area contributed by atoms with Crippen LogP contribution in [0.25, 0.3) is 0 Å². The summed E-state index contributed by atoms with van der Waals surface area (Å²) in [4.78, 5) is 0.175. The van der Waals surface area contributed by atoms with Crippen molar-refractivity contribution in [3.05, 3.63) is 58.1 Å². The third-order valence-electron chi connectivity index (χ3n) is 4.38. The fraction of sp³-hybridized carbons (Fsp3) is 0.333. The van der Waals surface area contributed by atoms with Gasteiger partial charge < -0.3 is 0 Å². The number of hydrogen-bond donors (Lipinski definition) is 1. The highest BCUT2D eigenvalue weighted by molar-refractivity contribution is 7.92. The van der Waals surface area contributed by atoms with Gasteiger partial charge in [0, 0.05) is 17.8 Å². The standard InChI is InChI=1S/C18H22ClN5O2S/c1-5-23-11-17(12(2)20-23)27(25,26)22-18-13(3)21-24(14(18)4)10-15-6-8-16(19)9-7-15/h6-9,11,22H,5,10H2,1-4H3. The van der Waals surface area contributed by atoms with Gasteiger partial charge in [-0.05, 0) is 45.4 Å². The molecule has 0 aliphatic rings. The first-order valence-electron chi connectivity index (χ1n) is 8.56. The lowest BCUT2D eigenvalue weighted by Gasteiger charge is -2.09. The normalized spacial score (nSPS) is 11.7. The van der Waals surface area contributed by atoms with E-state index in [-0.39, 0.29) is 4.90 Å². The fourth-order valence-corrected chi connectivity index (χ4v) is 4.37. The van der Waals surface area contributed by atoms with Crippen LogP contribution in [0.5, 0.6) is 0 Å². The maximum absolute atomic E-state index is 12.8. The van der Waals surface area contributed by atoms with E-state index in [1.165, 1.54) is 0 Å². The number of halogens is 1. The van der Waals surface area contributed by atoms with E-state index in [1.54, 1.807) is 29.4 Å². The molecule has 27 heavy (non-hydrogen) atoms. The van der Waals surface area contributed by atoms with E-state index in [1.807, 2.05) is 38.1 Å². The van der Waals surface area contributed by atoms with Gasteiger partial charge in [0.25, 0.3) is 10.0 Å². The van der Waals surface area contributed by atoms with Gasteiger partial charge in [-0.2, -0.15) is 10.2 Å². The molecule has 2 aromatic heterocycles. The maximum atomic E-state index is 12.8. The number of benzene rings is 1. The number of sulfonamides is 1. The van der Waals surface area contributed by atoms with Gasteiger partial charge >= 0.3 is 0 Å². The van der Waals surface area contributed by atoms with Crippen LogP contribution >= 0.6 is 11.6 Å². The quantitative estimate of drug-likeness (QED) is 0.677. The molecule has 2 heterocycles. The molecule has 0 unspecified atom stereocenters. The number of nitrogens with one attached hydrogen (secondary N) is 1. The Morgan fingerprint density at radius 1 is 1.07 bits per heavy atom. The van der Waals surface area contributed by atoms with Crippen LogP contribution in [0.15, 0.2) is 35.4 Å². The molecule has 0 bridgehead atoms. The zero-order valence-corrected chi connectivity index (χ0v) is 17.3. The van der Waals surface area contributed by atoms with Crippen molar-refractivity contribution in [2.45, 2.75) is 45.7 Å². The Morgan fingerprint density at radius 3 is 2.33 bits per heavy atom. The van der Waals surface area contributed by atoms with Crippen LogP contribution in [0.4, 0.5) is 5.69 Å². The largest absolute Gasteiger partial charge is 0.276 e. The van der Waals surface area contributed by atoms with Crippen LogP contribution in [-0.2, 0) is 23.1 Å². The molecule has 0 amide bonds. The summed E-state index contributed by atoms with van der Waals surface area (Å²) in [7, 11) is -3.75. The van der Waals surface area contributed by atoms with Gasteiger partial charge in [0.05, 0.1) is 29.3 Å². The summed E-state index contributed by atoms with van der Waals surface area (Å²) < 4.78 is 31.8. The molecule has 0 saturated carbocycles. The van der Waals surface area contributed by atoms with Crippen LogP contribution in [0.1, 0.15) is 29.6 Å². The lowest BCUT2D eigenvalue weighted by molar-refractivity contribution is 0.600. The molecule has 0 atom stereocenters. The van der Waals surface area contributed by atoms with Gasteiger partial charge in [0.1, 0.15) is 4.90 Å². The van der Waals surface area contributed by atoms with E-state index in [9.17, 15) is 8.42 Å². The summed E-state index contributed by atoms with van der Waals surface area (Å²) in [5.41, 5.74) is 3.34. The van der Waals surface area contributed by atoms with Crippen molar-refractivity contribution in [1.82, 2.24) is 19.6 Å². The Balaban J connectivity index is 1.90. The van der Waals surface area contributed by atoms with Gasteiger partial charge in [0.15, 0.2) is 0 Å². The Kier molecular flexibility index (Phi) is 5.30. The third kappa shape index (κ3) is 4.01. The molecular weight excluding hydrogens is 386 g/mol. The second-order valence-corrected chi connectivity index (χ2v) is 8.46. The molecule has 0 fully saturated rings. The van der Waals surface area contributed by atoms with Crippen LogP contribution in [-0.4, -0.2) is 28.0 Å². The molecule has 0 aliphatic heterocycles. The Hall–Kier alpha value is -2.32. The first-order chi connectivity index (χ1) is 12.7. The van der Waals surface area contributed by atoms with Crippen LogP contribution < -0.4 is 4.72 Å². The lowest BCUT2D eigenvalue weighted by atomic mass is 10.2. The molecule has 0 spiro atoms. The van der Waals surface area contributed by atoms with Crippen molar-refractivity contribution in [2.24, 2.45) is 0 Å². The molecule has 3 aromatic rings. The summed E-state index contributed by atoms with van der Waals surface area (Å²) in [6.45, 7) is 8.35. The van der Waals surface area contributed by atoms with Gasteiger partial charge in [-0.25, -0.2) is 8.42 Å². The highest BCUT2D eigenvalue weighted by Gasteiger charge is 2.23. The van der Waals surface area contributed by atoms with Crippen molar-refractivity contribution in [3.8, 4) is 0 Å². The number of aromatic nitrogens is 4. The van der Waals surface area contributed by atoms with Crippen LogP contribution in [0.3, 0.4) is 0 Å². The second-order valence-electron chi connectivity index (χ2n) is 6.37. The molecule has 7 nitrogen and oxygen atoms in total. The molecule has 0 radical (unpaired) electrons. The topological polar surface area (TPSA) is 81.8 Å². The van der Waals surface area contributed by atoms with Crippen molar-refractivity contribution >= 4 is 27.3 Å². The van der Waals surface area contributed by atoms with Crippen LogP contribution in [0.2, 0.25) is 5.02 Å². The van der Waals surface area contributed by atoms with Crippen LogP contribution in [0, 0.1) is 20.8 Å². The molecule has 144 valence electrons. The van der Waals surface area contributed by atoms with Crippen molar-refractivity contribution in [3.63, 3.8) is 0 Å². The summed E-state index contributed by atoms with van der Waals surface area (Å²) in [5, 5.41) is 9.37. The van der Waals surface area contributed by atoms with Gasteiger partial charge in [0.2, 0.25) is 0 Å². The first kappa shape index (κ1) is 19.4. The minimum Gasteiger partial charge on any atom is -0.276 e. The highest BCUT2D eigenvalue weighted by atomic mass is 35.5. The van der Waals surface area contributed by atoms with Gasteiger partial charge in [-0.1, -0.05) is 23.7 Å². The molecule has 0 saturated heterocycles. The van der Waals surface area contributed by atoms with Crippen molar-refractivity contribution in [2.75, 3.05) is 4.72 Å². The number of nitrogens with zero attached hydrogens (tertiary/aromatic N) is 4. The van der Waals surface area contributed by atoms with Gasteiger partial charge in [-0.3, -0.25) is 14.1 Å². The van der Waals surface area contributed by atoms with Crippen molar-refractivity contribution < 1.29 is 8.42 Å². The third-order valence-corrected chi connectivity index (χ3v) is 6.08. The van der Waals surface area contributed by atoms with E-state index >= 15 is 0 Å². The van der Waals surface area contributed by atoms with E-state index < -0.39 is 10.0 Å². The summed E-state index contributed by atoms with van der Waals surface area (Å²) in [6.07, 6.45) is 1.54. The average Bonchev–Trinajstić information content (AvgIpc) is 3.12.